The van der Waals surface area contributed by atoms with Gasteiger partial charge in [-0.3, -0.25) is 4.72 Å². The number of benzene rings is 1. The molecule has 1 aromatic carbocycles. The highest BCUT2D eigenvalue weighted by Crippen LogP contribution is 2.24. The standard InChI is InChI=1S/C20H27N3O4S/c1-4-11-23(12-5-2)19-18(20(24)25)13-16(14-21-19)22-28(26,27)17-9-7-15(6-3)8-10-17/h7-10,13-14,22H,4-6,11-12H2,1-3H3,(H,24,25). The minimum Gasteiger partial charge on any atom is -0.478 e. The van der Waals surface area contributed by atoms with Gasteiger partial charge in [0.25, 0.3) is 10.0 Å². The fourth-order valence-electron chi connectivity index (χ4n) is 2.90. The van der Waals surface area contributed by atoms with Crippen LogP contribution in [0, 0.1) is 0 Å². The molecule has 0 aliphatic rings. The van der Waals surface area contributed by atoms with Gasteiger partial charge in [-0.25, -0.2) is 18.2 Å². The second-order valence-electron chi connectivity index (χ2n) is 6.49. The zero-order chi connectivity index (χ0) is 20.7. The molecule has 7 nitrogen and oxygen atoms in total. The van der Waals surface area contributed by atoms with Gasteiger partial charge in [0, 0.05) is 13.1 Å². The lowest BCUT2D eigenvalue weighted by Gasteiger charge is -2.24. The first-order chi connectivity index (χ1) is 13.3. The van der Waals surface area contributed by atoms with E-state index < -0.39 is 16.0 Å². The first kappa shape index (κ1) is 21.7. The van der Waals surface area contributed by atoms with E-state index in [1.165, 1.54) is 24.4 Å². The van der Waals surface area contributed by atoms with E-state index in [4.69, 9.17) is 0 Å². The van der Waals surface area contributed by atoms with Crippen LogP contribution < -0.4 is 9.62 Å². The molecule has 0 fully saturated rings. The summed E-state index contributed by atoms with van der Waals surface area (Å²) < 4.78 is 27.6. The first-order valence-corrected chi connectivity index (χ1v) is 10.9. The largest absolute Gasteiger partial charge is 0.478 e. The van der Waals surface area contributed by atoms with Crippen LogP contribution in [0.3, 0.4) is 0 Å². The third-order valence-electron chi connectivity index (χ3n) is 4.28. The van der Waals surface area contributed by atoms with Gasteiger partial charge >= 0.3 is 5.97 Å². The van der Waals surface area contributed by atoms with Crippen LogP contribution in [0.15, 0.2) is 41.4 Å². The molecular formula is C20H27N3O4S. The van der Waals surface area contributed by atoms with E-state index in [0.29, 0.717) is 18.9 Å². The molecule has 28 heavy (non-hydrogen) atoms. The van der Waals surface area contributed by atoms with Crippen molar-refractivity contribution in [1.82, 2.24) is 4.98 Å². The lowest BCUT2D eigenvalue weighted by atomic mass is 10.2. The maximum absolute atomic E-state index is 12.6. The lowest BCUT2D eigenvalue weighted by molar-refractivity contribution is 0.0697. The average molecular weight is 406 g/mol. The molecule has 0 saturated carbocycles. The Balaban J connectivity index is 2.35. The summed E-state index contributed by atoms with van der Waals surface area (Å²) in [6, 6.07) is 7.90. The molecule has 0 radical (unpaired) electrons. The Bertz CT molecular complexity index is 906. The van der Waals surface area contributed by atoms with Crippen LogP contribution in [0.1, 0.15) is 49.5 Å². The molecule has 152 valence electrons. The smallest absolute Gasteiger partial charge is 0.339 e. The molecule has 2 N–H and O–H groups in total. The Morgan fingerprint density at radius 2 is 1.71 bits per heavy atom. The number of anilines is 2. The summed E-state index contributed by atoms with van der Waals surface area (Å²) in [7, 11) is -3.83. The van der Waals surface area contributed by atoms with Crippen LogP contribution in [-0.2, 0) is 16.4 Å². The second kappa shape index (κ2) is 9.54. The molecule has 8 heteroatoms. The van der Waals surface area contributed by atoms with E-state index in [1.807, 2.05) is 25.7 Å². The zero-order valence-electron chi connectivity index (χ0n) is 16.5. The molecule has 0 saturated heterocycles. The van der Waals surface area contributed by atoms with Crippen molar-refractivity contribution in [3.05, 3.63) is 47.7 Å². The van der Waals surface area contributed by atoms with Gasteiger partial charge in [0.2, 0.25) is 0 Å². The van der Waals surface area contributed by atoms with Crippen LogP contribution in [0.25, 0.3) is 0 Å². The SMILES string of the molecule is CCCN(CCC)c1ncc(NS(=O)(=O)c2ccc(CC)cc2)cc1C(=O)O. The molecule has 0 amide bonds. The van der Waals surface area contributed by atoms with Crippen LogP contribution >= 0.6 is 0 Å². The third-order valence-corrected chi connectivity index (χ3v) is 5.67. The molecule has 0 aliphatic heterocycles. The van der Waals surface area contributed by atoms with Crippen molar-refractivity contribution < 1.29 is 18.3 Å². The Kier molecular flexibility index (Phi) is 7.39. The van der Waals surface area contributed by atoms with Crippen molar-refractivity contribution in [1.29, 1.82) is 0 Å². The zero-order valence-corrected chi connectivity index (χ0v) is 17.3. The maximum Gasteiger partial charge on any atom is 0.339 e. The molecule has 0 aliphatic carbocycles. The van der Waals surface area contributed by atoms with Crippen LogP contribution in [0.2, 0.25) is 0 Å². The van der Waals surface area contributed by atoms with Crippen molar-refractivity contribution >= 4 is 27.5 Å². The highest BCUT2D eigenvalue weighted by molar-refractivity contribution is 7.92. The summed E-state index contributed by atoms with van der Waals surface area (Å²) >= 11 is 0. The van der Waals surface area contributed by atoms with Crippen molar-refractivity contribution in [2.24, 2.45) is 0 Å². The number of hydrogen-bond donors (Lipinski definition) is 2. The number of sulfonamides is 1. The van der Waals surface area contributed by atoms with Gasteiger partial charge in [-0.15, -0.1) is 0 Å². The van der Waals surface area contributed by atoms with Crippen LogP contribution in [0.4, 0.5) is 11.5 Å². The number of aromatic carboxylic acids is 1. The predicted molar refractivity (Wildman–Crippen MR) is 111 cm³/mol. The summed E-state index contributed by atoms with van der Waals surface area (Å²) in [5.74, 6) is -0.792. The van der Waals surface area contributed by atoms with Gasteiger partial charge < -0.3 is 10.0 Å². The average Bonchev–Trinajstić information content (AvgIpc) is 2.67. The molecule has 0 unspecified atom stereocenters. The molecule has 2 aromatic rings. The maximum atomic E-state index is 12.6. The normalized spacial score (nSPS) is 11.2. The second-order valence-corrected chi connectivity index (χ2v) is 8.17. The number of nitrogens with zero attached hydrogens (tertiary/aromatic N) is 2. The van der Waals surface area contributed by atoms with E-state index in [-0.39, 0.29) is 16.1 Å². The Labute approximate surface area is 166 Å². The number of nitrogens with one attached hydrogen (secondary N) is 1. The monoisotopic (exact) mass is 405 g/mol. The molecule has 0 atom stereocenters. The number of aromatic nitrogens is 1. The van der Waals surface area contributed by atoms with Crippen molar-refractivity contribution in [2.45, 2.75) is 44.9 Å². The first-order valence-electron chi connectivity index (χ1n) is 9.42. The van der Waals surface area contributed by atoms with E-state index in [2.05, 4.69) is 9.71 Å². The topological polar surface area (TPSA) is 99.6 Å². The van der Waals surface area contributed by atoms with Gasteiger partial charge in [-0.1, -0.05) is 32.9 Å². The Hall–Kier alpha value is -2.61. The van der Waals surface area contributed by atoms with Gasteiger partial charge in [-0.05, 0) is 43.0 Å². The van der Waals surface area contributed by atoms with E-state index in [9.17, 15) is 18.3 Å². The van der Waals surface area contributed by atoms with Gasteiger partial charge in [0.05, 0.1) is 16.8 Å². The van der Waals surface area contributed by atoms with Gasteiger partial charge in [0.15, 0.2) is 0 Å². The highest BCUT2D eigenvalue weighted by atomic mass is 32.2. The van der Waals surface area contributed by atoms with Gasteiger partial charge in [-0.2, -0.15) is 0 Å². The van der Waals surface area contributed by atoms with Crippen molar-refractivity contribution in [3.63, 3.8) is 0 Å². The van der Waals surface area contributed by atoms with Crippen molar-refractivity contribution in [2.75, 3.05) is 22.7 Å². The Morgan fingerprint density at radius 3 is 2.21 bits per heavy atom. The number of aryl methyl sites for hydroxylation is 1. The summed E-state index contributed by atoms with van der Waals surface area (Å²) in [6.45, 7) is 7.36. The number of carboxylic acids is 1. The highest BCUT2D eigenvalue weighted by Gasteiger charge is 2.20. The van der Waals surface area contributed by atoms with Crippen LogP contribution in [0.5, 0.6) is 0 Å². The number of rotatable bonds is 10. The number of carbonyl (C=O) groups is 1. The molecule has 0 bridgehead atoms. The quantitative estimate of drug-likeness (QED) is 0.624. The van der Waals surface area contributed by atoms with E-state index >= 15 is 0 Å². The molecule has 1 heterocycles. The number of pyridine rings is 1. The minimum atomic E-state index is -3.83. The number of carboxylic acid groups (broad SMARTS) is 1. The molecule has 2 rings (SSSR count). The summed E-state index contributed by atoms with van der Waals surface area (Å²) in [4.78, 5) is 18.0. The lowest BCUT2D eigenvalue weighted by Crippen LogP contribution is -2.28. The van der Waals surface area contributed by atoms with Gasteiger partial charge in [0.1, 0.15) is 11.4 Å². The fourth-order valence-corrected chi connectivity index (χ4v) is 3.94. The molecule has 0 spiro atoms. The number of hydrogen-bond acceptors (Lipinski definition) is 5. The Morgan fingerprint density at radius 1 is 1.11 bits per heavy atom. The fraction of sp³-hybridized carbons (Fsp3) is 0.400. The summed E-state index contributed by atoms with van der Waals surface area (Å²) in [5, 5.41) is 9.60. The third kappa shape index (κ3) is 5.22. The molecule has 1 aromatic heterocycles. The van der Waals surface area contributed by atoms with E-state index in [1.54, 1.807) is 12.1 Å². The minimum absolute atomic E-state index is 0.0246. The van der Waals surface area contributed by atoms with E-state index in [0.717, 1.165) is 24.8 Å². The molecular weight excluding hydrogens is 378 g/mol. The van der Waals surface area contributed by atoms with Crippen molar-refractivity contribution in [3.8, 4) is 0 Å². The van der Waals surface area contributed by atoms with Crippen LogP contribution in [-0.4, -0.2) is 37.6 Å². The summed E-state index contributed by atoms with van der Waals surface area (Å²) in [6.07, 6.45) is 3.87. The summed E-state index contributed by atoms with van der Waals surface area (Å²) in [5.41, 5.74) is 1.13. The predicted octanol–water partition coefficient (Wildman–Crippen LogP) is 3.77.